The second kappa shape index (κ2) is 13.2. The number of nitro groups is 1. The molecule has 2 fully saturated rings. The van der Waals surface area contributed by atoms with Crippen molar-refractivity contribution in [1.82, 2.24) is 9.47 Å². The van der Waals surface area contributed by atoms with Gasteiger partial charge in [0.1, 0.15) is 0 Å². The van der Waals surface area contributed by atoms with E-state index in [0.717, 1.165) is 35.6 Å². The van der Waals surface area contributed by atoms with E-state index in [1.54, 1.807) is 35.2 Å². The van der Waals surface area contributed by atoms with Crippen molar-refractivity contribution in [3.8, 4) is 0 Å². The molecule has 3 aliphatic rings. The molecule has 4 heterocycles. The molecule has 2 saturated heterocycles. The van der Waals surface area contributed by atoms with Gasteiger partial charge in [-0.1, -0.05) is 36.4 Å². The summed E-state index contributed by atoms with van der Waals surface area (Å²) in [5.41, 5.74) is 4.80. The molecule has 0 aliphatic carbocycles. The third kappa shape index (κ3) is 6.44. The predicted octanol–water partition coefficient (Wildman–Crippen LogP) is 4.99. The van der Waals surface area contributed by atoms with Crippen molar-refractivity contribution in [2.45, 2.75) is 18.9 Å². The van der Waals surface area contributed by atoms with Crippen LogP contribution in [0.5, 0.6) is 0 Å². The molecule has 0 spiro atoms. The van der Waals surface area contributed by atoms with Gasteiger partial charge in [-0.3, -0.25) is 24.5 Å². The Morgan fingerprint density at radius 2 is 1.60 bits per heavy atom. The molecule has 2 amide bonds. The van der Waals surface area contributed by atoms with E-state index in [1.807, 2.05) is 59.2 Å². The standard InChI is InChI=1S/C37H36N6O5/c44-35(16-9-26-5-2-1-3-6-26)38-32-22-28(37(46)40-19-17-39(18-20-40)30-11-13-31(14-12-30)43(47)48)10-15-34(32)41-23-27-21-29(25-41)33-7-4-8-36(45)42(33)24-27/h1-16,22,27,29H,17-21,23-25H2,(H,38,44)/b16-9+. The monoisotopic (exact) mass is 644 g/mol. The number of nitrogens with one attached hydrogen (secondary N) is 1. The van der Waals surface area contributed by atoms with Gasteiger partial charge in [0.15, 0.2) is 0 Å². The molecule has 3 aromatic carbocycles. The molecular weight excluding hydrogens is 608 g/mol. The minimum atomic E-state index is -0.416. The molecule has 11 nitrogen and oxygen atoms in total. The molecule has 48 heavy (non-hydrogen) atoms. The topological polar surface area (TPSA) is 121 Å². The highest BCUT2D eigenvalue weighted by Gasteiger charge is 2.35. The van der Waals surface area contributed by atoms with E-state index >= 15 is 0 Å². The van der Waals surface area contributed by atoms with E-state index in [0.29, 0.717) is 50.5 Å². The lowest BCUT2D eigenvalue weighted by Gasteiger charge is -2.44. The number of anilines is 3. The van der Waals surface area contributed by atoms with Crippen molar-refractivity contribution in [1.29, 1.82) is 0 Å². The quantitative estimate of drug-likeness (QED) is 0.171. The van der Waals surface area contributed by atoms with E-state index in [2.05, 4.69) is 15.1 Å². The number of nitrogens with zero attached hydrogens (tertiary/aromatic N) is 5. The summed E-state index contributed by atoms with van der Waals surface area (Å²) in [4.78, 5) is 56.4. The minimum absolute atomic E-state index is 0.0326. The van der Waals surface area contributed by atoms with Gasteiger partial charge in [-0.2, -0.15) is 0 Å². The van der Waals surface area contributed by atoms with Crippen molar-refractivity contribution in [3.63, 3.8) is 0 Å². The van der Waals surface area contributed by atoms with E-state index in [9.17, 15) is 24.5 Å². The summed E-state index contributed by atoms with van der Waals surface area (Å²) >= 11 is 0. The molecule has 0 saturated carbocycles. The van der Waals surface area contributed by atoms with E-state index in [4.69, 9.17) is 0 Å². The first-order valence-electron chi connectivity index (χ1n) is 16.2. The van der Waals surface area contributed by atoms with Crippen molar-refractivity contribution < 1.29 is 14.5 Å². The number of nitro benzene ring substituents is 1. The fourth-order valence-electron chi connectivity index (χ4n) is 7.18. The van der Waals surface area contributed by atoms with Crippen molar-refractivity contribution in [3.05, 3.63) is 134 Å². The maximum atomic E-state index is 13.8. The molecule has 2 atom stereocenters. The first-order chi connectivity index (χ1) is 23.3. The lowest BCUT2D eigenvalue weighted by atomic mass is 9.83. The van der Waals surface area contributed by atoms with Crippen LogP contribution in [0.15, 0.2) is 102 Å². The Balaban J connectivity index is 1.11. The van der Waals surface area contributed by atoms with Gasteiger partial charge in [-0.15, -0.1) is 0 Å². The van der Waals surface area contributed by atoms with Crippen LogP contribution in [0.4, 0.5) is 22.7 Å². The van der Waals surface area contributed by atoms with Crippen molar-refractivity contribution >= 4 is 40.6 Å². The number of aromatic nitrogens is 1. The Morgan fingerprint density at radius 3 is 2.35 bits per heavy atom. The maximum absolute atomic E-state index is 13.8. The lowest BCUT2D eigenvalue weighted by molar-refractivity contribution is -0.384. The molecule has 4 aromatic rings. The van der Waals surface area contributed by atoms with Crippen LogP contribution in [-0.4, -0.2) is 65.5 Å². The van der Waals surface area contributed by atoms with Gasteiger partial charge in [-0.05, 0) is 60.4 Å². The van der Waals surface area contributed by atoms with Gasteiger partial charge >= 0.3 is 0 Å². The summed E-state index contributed by atoms with van der Waals surface area (Å²) in [6, 6.07) is 27.1. The zero-order valence-electron chi connectivity index (χ0n) is 26.4. The van der Waals surface area contributed by atoms with Crippen LogP contribution in [0.1, 0.15) is 34.0 Å². The first kappa shape index (κ1) is 30.9. The fourth-order valence-corrected chi connectivity index (χ4v) is 7.18. The number of benzene rings is 3. The molecule has 1 N–H and O–H groups in total. The van der Waals surface area contributed by atoms with Gasteiger partial charge in [0.25, 0.3) is 17.2 Å². The molecule has 11 heteroatoms. The molecule has 244 valence electrons. The number of rotatable bonds is 7. The van der Waals surface area contributed by atoms with Crippen molar-refractivity contribution in [2.24, 2.45) is 5.92 Å². The highest BCUT2D eigenvalue weighted by Crippen LogP contribution is 2.39. The van der Waals surface area contributed by atoms with E-state index in [1.165, 1.54) is 18.2 Å². The summed E-state index contributed by atoms with van der Waals surface area (Å²) in [7, 11) is 0. The fraction of sp³-hybridized carbons (Fsp3) is 0.270. The molecule has 0 radical (unpaired) electrons. The van der Waals surface area contributed by atoms with Gasteiger partial charge < -0.3 is 24.6 Å². The number of piperazine rings is 1. The van der Waals surface area contributed by atoms with Gasteiger partial charge in [0.2, 0.25) is 5.91 Å². The average molecular weight is 645 g/mol. The van der Waals surface area contributed by atoms with Crippen LogP contribution in [-0.2, 0) is 11.3 Å². The number of carbonyl (C=O) groups is 2. The van der Waals surface area contributed by atoms with Crippen LogP contribution in [0.2, 0.25) is 0 Å². The van der Waals surface area contributed by atoms with Gasteiger partial charge in [-0.25, -0.2) is 0 Å². The largest absolute Gasteiger partial charge is 0.369 e. The summed E-state index contributed by atoms with van der Waals surface area (Å²) in [6.07, 6.45) is 4.26. The van der Waals surface area contributed by atoms with Crippen LogP contribution in [0.25, 0.3) is 6.08 Å². The Hall–Kier alpha value is -5.71. The molecule has 3 aliphatic heterocycles. The van der Waals surface area contributed by atoms with Gasteiger partial charge in [0.05, 0.1) is 16.3 Å². The van der Waals surface area contributed by atoms with E-state index in [-0.39, 0.29) is 34.9 Å². The molecule has 7 rings (SSSR count). The average Bonchev–Trinajstić information content (AvgIpc) is 3.11. The zero-order chi connectivity index (χ0) is 33.2. The normalized spacial score (nSPS) is 18.8. The second-order valence-electron chi connectivity index (χ2n) is 12.6. The second-order valence-corrected chi connectivity index (χ2v) is 12.6. The Labute approximate surface area is 277 Å². The van der Waals surface area contributed by atoms with E-state index < -0.39 is 4.92 Å². The number of fused-ring (bicyclic) bond motifs is 4. The molecule has 2 bridgehead atoms. The molecular formula is C37H36N6O5. The zero-order valence-corrected chi connectivity index (χ0v) is 26.4. The SMILES string of the molecule is O=C(/C=C/c1ccccc1)Nc1cc(C(=O)N2CCN(c3ccc([N+](=O)[O-])cc3)CC2)ccc1N1CC2CC(C1)c1cccc(=O)n1C2. The Bertz CT molecular complexity index is 1930. The number of carbonyl (C=O) groups excluding carboxylic acids is 2. The first-order valence-corrected chi connectivity index (χ1v) is 16.2. The molecule has 2 unspecified atom stereocenters. The highest BCUT2D eigenvalue weighted by atomic mass is 16.6. The lowest BCUT2D eigenvalue weighted by Crippen LogP contribution is -2.49. The van der Waals surface area contributed by atoms with Crippen LogP contribution < -0.4 is 20.7 Å². The third-order valence-electron chi connectivity index (χ3n) is 9.54. The van der Waals surface area contributed by atoms with Crippen LogP contribution >= 0.6 is 0 Å². The predicted molar refractivity (Wildman–Crippen MR) is 186 cm³/mol. The van der Waals surface area contributed by atoms with Crippen LogP contribution in [0.3, 0.4) is 0 Å². The van der Waals surface area contributed by atoms with Gasteiger partial charge in [0, 0.05) is 93.0 Å². The number of amides is 2. The highest BCUT2D eigenvalue weighted by molar-refractivity contribution is 6.05. The number of piperidine rings is 1. The Kier molecular flexibility index (Phi) is 8.49. The maximum Gasteiger partial charge on any atom is 0.269 e. The summed E-state index contributed by atoms with van der Waals surface area (Å²) in [5, 5.41) is 14.1. The number of pyridine rings is 1. The minimum Gasteiger partial charge on any atom is -0.369 e. The summed E-state index contributed by atoms with van der Waals surface area (Å²) in [6.45, 7) is 4.26. The smallest absolute Gasteiger partial charge is 0.269 e. The number of hydrogen-bond donors (Lipinski definition) is 1. The summed E-state index contributed by atoms with van der Waals surface area (Å²) in [5.74, 6) is 0.0482. The Morgan fingerprint density at radius 1 is 0.833 bits per heavy atom. The van der Waals surface area contributed by atoms with Crippen molar-refractivity contribution in [2.75, 3.05) is 54.4 Å². The number of non-ortho nitro benzene ring substituents is 1. The number of hydrogen-bond acceptors (Lipinski definition) is 7. The molecule has 1 aromatic heterocycles. The third-order valence-corrected chi connectivity index (χ3v) is 9.54. The van der Waals surface area contributed by atoms with Crippen LogP contribution in [0, 0.1) is 16.0 Å². The summed E-state index contributed by atoms with van der Waals surface area (Å²) < 4.78 is 1.90.